The van der Waals surface area contributed by atoms with Crippen LogP contribution in [0.1, 0.15) is 49.9 Å². The fourth-order valence-corrected chi connectivity index (χ4v) is 2.44. The largest absolute Gasteiger partial charge is 0.294 e. The van der Waals surface area contributed by atoms with Crippen molar-refractivity contribution < 1.29 is 4.79 Å². The number of aromatic nitrogens is 1. The highest BCUT2D eigenvalue weighted by atomic mass is 16.1. The molecule has 0 fully saturated rings. The van der Waals surface area contributed by atoms with Gasteiger partial charge in [0, 0.05) is 23.1 Å². The Morgan fingerprint density at radius 2 is 2.11 bits per heavy atom. The van der Waals surface area contributed by atoms with Gasteiger partial charge in [0.1, 0.15) is 0 Å². The first-order valence-corrected chi connectivity index (χ1v) is 7.15. The number of unbranched alkanes of at least 4 members (excludes halogenated alkanes) is 1. The average molecular weight is 255 g/mol. The molecule has 2 rings (SSSR count). The van der Waals surface area contributed by atoms with E-state index in [0.717, 1.165) is 42.1 Å². The summed E-state index contributed by atoms with van der Waals surface area (Å²) in [6.07, 6.45) is 5.96. The van der Waals surface area contributed by atoms with Gasteiger partial charge in [0.25, 0.3) is 0 Å². The molecule has 1 atom stereocenters. The van der Waals surface area contributed by atoms with Crippen molar-refractivity contribution in [3.8, 4) is 0 Å². The number of nitrogens with zero attached hydrogens (tertiary/aromatic N) is 1. The number of hydrogen-bond donors (Lipinski definition) is 0. The van der Waals surface area contributed by atoms with Crippen LogP contribution in [-0.2, 0) is 0 Å². The first kappa shape index (κ1) is 13.7. The maximum Gasteiger partial charge on any atom is 0.165 e. The van der Waals surface area contributed by atoms with E-state index in [1.54, 1.807) is 6.20 Å². The molecule has 0 aliphatic carbocycles. The molecule has 0 aliphatic rings. The molecule has 0 bridgehead atoms. The highest BCUT2D eigenvalue weighted by molar-refractivity contribution is 6.00. The molecule has 2 nitrogen and oxygen atoms in total. The van der Waals surface area contributed by atoms with Gasteiger partial charge in [0.15, 0.2) is 5.78 Å². The van der Waals surface area contributed by atoms with Gasteiger partial charge in [0.05, 0.1) is 5.52 Å². The van der Waals surface area contributed by atoms with Gasteiger partial charge in [-0.3, -0.25) is 9.78 Å². The van der Waals surface area contributed by atoms with E-state index in [1.165, 1.54) is 0 Å². The molecule has 1 aromatic heterocycles. The summed E-state index contributed by atoms with van der Waals surface area (Å²) < 4.78 is 0. The topological polar surface area (TPSA) is 30.0 Å². The summed E-state index contributed by atoms with van der Waals surface area (Å²) in [7, 11) is 0. The van der Waals surface area contributed by atoms with Gasteiger partial charge >= 0.3 is 0 Å². The third kappa shape index (κ3) is 3.19. The number of benzene rings is 1. The molecule has 100 valence electrons. The molecule has 0 amide bonds. The van der Waals surface area contributed by atoms with Gasteiger partial charge in [-0.1, -0.05) is 32.8 Å². The normalized spacial score (nSPS) is 12.5. The predicted molar refractivity (Wildman–Crippen MR) is 79.4 cm³/mol. The van der Waals surface area contributed by atoms with Crippen LogP contribution in [0.25, 0.3) is 10.9 Å². The minimum Gasteiger partial charge on any atom is -0.294 e. The Kier molecular flexibility index (Phi) is 4.67. The summed E-state index contributed by atoms with van der Waals surface area (Å²) in [6, 6.07) is 9.73. The molecule has 0 radical (unpaired) electrons. The van der Waals surface area contributed by atoms with Crippen LogP contribution < -0.4 is 0 Å². The fraction of sp³-hybridized carbons (Fsp3) is 0.412. The minimum absolute atomic E-state index is 0.161. The number of carbonyl (C=O) groups is 1. The summed E-state index contributed by atoms with van der Waals surface area (Å²) in [5.74, 6) is 0.441. The maximum absolute atomic E-state index is 12.5. The first-order valence-electron chi connectivity index (χ1n) is 7.15. The van der Waals surface area contributed by atoms with Crippen molar-refractivity contribution in [1.29, 1.82) is 0 Å². The Hall–Kier alpha value is -1.70. The smallest absolute Gasteiger partial charge is 0.165 e. The summed E-state index contributed by atoms with van der Waals surface area (Å²) in [5.41, 5.74) is 1.77. The first-order chi connectivity index (χ1) is 9.26. The van der Waals surface area contributed by atoms with Crippen LogP contribution in [0.3, 0.4) is 0 Å². The van der Waals surface area contributed by atoms with E-state index in [9.17, 15) is 4.79 Å². The molecule has 0 spiro atoms. The van der Waals surface area contributed by atoms with Crippen LogP contribution in [0.15, 0.2) is 36.5 Å². The summed E-state index contributed by atoms with van der Waals surface area (Å²) in [6.45, 7) is 4.26. The van der Waals surface area contributed by atoms with Crippen molar-refractivity contribution in [3.05, 3.63) is 42.1 Å². The van der Waals surface area contributed by atoms with E-state index in [0.29, 0.717) is 0 Å². The van der Waals surface area contributed by atoms with E-state index in [1.807, 2.05) is 30.3 Å². The lowest BCUT2D eigenvalue weighted by Gasteiger charge is -2.13. The van der Waals surface area contributed by atoms with E-state index in [2.05, 4.69) is 18.8 Å². The molecule has 19 heavy (non-hydrogen) atoms. The summed E-state index contributed by atoms with van der Waals surface area (Å²) in [5, 5.41) is 1.04. The fourth-order valence-electron chi connectivity index (χ4n) is 2.44. The lowest BCUT2D eigenvalue weighted by molar-refractivity contribution is 0.0908. The Labute approximate surface area is 114 Å². The van der Waals surface area contributed by atoms with E-state index < -0.39 is 0 Å². The van der Waals surface area contributed by atoms with Crippen molar-refractivity contribution in [2.24, 2.45) is 5.92 Å². The van der Waals surface area contributed by atoms with Crippen molar-refractivity contribution >= 4 is 16.7 Å². The quantitative estimate of drug-likeness (QED) is 0.704. The predicted octanol–water partition coefficient (Wildman–Crippen LogP) is 4.63. The number of rotatable bonds is 6. The molecule has 1 aromatic carbocycles. The Bertz CT molecular complexity index is 562. The maximum atomic E-state index is 12.5. The third-order valence-corrected chi connectivity index (χ3v) is 3.66. The molecule has 0 N–H and O–H groups in total. The highest BCUT2D eigenvalue weighted by Gasteiger charge is 2.17. The number of ketones is 1. The van der Waals surface area contributed by atoms with Crippen LogP contribution >= 0.6 is 0 Å². The van der Waals surface area contributed by atoms with Gasteiger partial charge in [-0.05, 0) is 37.1 Å². The van der Waals surface area contributed by atoms with Gasteiger partial charge in [0.2, 0.25) is 0 Å². The second-order valence-corrected chi connectivity index (χ2v) is 5.02. The SMILES string of the molecule is CCCCC(CC)C(=O)c1ccc2ncccc2c1. The summed E-state index contributed by atoms with van der Waals surface area (Å²) in [4.78, 5) is 16.8. The highest BCUT2D eigenvalue weighted by Crippen LogP contribution is 2.21. The third-order valence-electron chi connectivity index (χ3n) is 3.66. The van der Waals surface area contributed by atoms with Crippen LogP contribution in [-0.4, -0.2) is 10.8 Å². The zero-order chi connectivity index (χ0) is 13.7. The number of fused-ring (bicyclic) bond motifs is 1. The standard InChI is InChI=1S/C17H21NO/c1-3-5-7-13(4-2)17(19)15-9-10-16-14(12-15)8-6-11-18-16/h6,8-13H,3-5,7H2,1-2H3. The zero-order valence-corrected chi connectivity index (χ0v) is 11.7. The molecule has 1 unspecified atom stereocenters. The second kappa shape index (κ2) is 6.46. The van der Waals surface area contributed by atoms with E-state index >= 15 is 0 Å². The molecule has 0 saturated carbocycles. The van der Waals surface area contributed by atoms with Crippen LogP contribution in [0.5, 0.6) is 0 Å². The molecule has 0 aliphatic heterocycles. The lowest BCUT2D eigenvalue weighted by Crippen LogP contribution is -2.14. The molecule has 2 heteroatoms. The van der Waals surface area contributed by atoms with Gasteiger partial charge in [-0.25, -0.2) is 0 Å². The Balaban J connectivity index is 2.24. The van der Waals surface area contributed by atoms with E-state index in [4.69, 9.17) is 0 Å². The Morgan fingerprint density at radius 3 is 2.84 bits per heavy atom. The number of hydrogen-bond acceptors (Lipinski definition) is 2. The summed E-state index contributed by atoms with van der Waals surface area (Å²) >= 11 is 0. The van der Waals surface area contributed by atoms with Crippen LogP contribution in [0.2, 0.25) is 0 Å². The van der Waals surface area contributed by atoms with Crippen molar-refractivity contribution in [2.75, 3.05) is 0 Å². The van der Waals surface area contributed by atoms with E-state index in [-0.39, 0.29) is 11.7 Å². The van der Waals surface area contributed by atoms with Crippen molar-refractivity contribution in [3.63, 3.8) is 0 Å². The molecule has 2 aromatic rings. The average Bonchev–Trinajstić information content (AvgIpc) is 2.47. The second-order valence-electron chi connectivity index (χ2n) is 5.02. The van der Waals surface area contributed by atoms with Crippen LogP contribution in [0, 0.1) is 5.92 Å². The Morgan fingerprint density at radius 1 is 1.26 bits per heavy atom. The molecule has 1 heterocycles. The molecular weight excluding hydrogens is 234 g/mol. The number of Topliss-reactive ketones (excluding diaryl/α,β-unsaturated/α-hetero) is 1. The minimum atomic E-state index is 0.161. The van der Waals surface area contributed by atoms with Crippen molar-refractivity contribution in [1.82, 2.24) is 4.98 Å². The lowest BCUT2D eigenvalue weighted by atomic mass is 9.90. The zero-order valence-electron chi connectivity index (χ0n) is 11.7. The van der Waals surface area contributed by atoms with Gasteiger partial charge in [-0.15, -0.1) is 0 Å². The number of pyridine rings is 1. The molecule has 0 saturated heterocycles. The van der Waals surface area contributed by atoms with Gasteiger partial charge in [-0.2, -0.15) is 0 Å². The van der Waals surface area contributed by atoms with Crippen LogP contribution in [0.4, 0.5) is 0 Å². The number of carbonyl (C=O) groups excluding carboxylic acids is 1. The van der Waals surface area contributed by atoms with Crippen molar-refractivity contribution in [2.45, 2.75) is 39.5 Å². The molecular formula is C17H21NO. The monoisotopic (exact) mass is 255 g/mol. The van der Waals surface area contributed by atoms with Gasteiger partial charge < -0.3 is 0 Å².